The molecule has 0 aromatic carbocycles. The summed E-state index contributed by atoms with van der Waals surface area (Å²) in [6.07, 6.45) is -1.73. The van der Waals surface area contributed by atoms with Crippen LogP contribution in [0.25, 0.3) is 16.6 Å². The van der Waals surface area contributed by atoms with E-state index in [1.807, 2.05) is 6.08 Å². The molecular formula is C24H33ClF3N3O3Si. The van der Waals surface area contributed by atoms with Gasteiger partial charge in [-0.15, -0.1) is 0 Å². The summed E-state index contributed by atoms with van der Waals surface area (Å²) in [5.74, 6) is 0. The second kappa shape index (κ2) is 10.1. The molecule has 0 bridgehead atoms. The van der Waals surface area contributed by atoms with E-state index >= 15 is 0 Å². The predicted molar refractivity (Wildman–Crippen MR) is 134 cm³/mol. The highest BCUT2D eigenvalue weighted by molar-refractivity contribution is 6.76. The first kappa shape index (κ1) is 27.5. The topological polar surface area (TPSA) is 56.6 Å². The van der Waals surface area contributed by atoms with Gasteiger partial charge in [-0.1, -0.05) is 37.3 Å². The first-order valence-electron chi connectivity index (χ1n) is 11.6. The number of carbonyl (C=O) groups is 1. The summed E-state index contributed by atoms with van der Waals surface area (Å²) in [4.78, 5) is 18.3. The van der Waals surface area contributed by atoms with Gasteiger partial charge in [-0.25, -0.2) is 9.78 Å². The second-order valence-electron chi connectivity index (χ2n) is 10.9. The molecule has 0 N–H and O–H groups in total. The number of rotatable bonds is 6. The lowest BCUT2D eigenvalue weighted by atomic mass is 10.1. The number of aromatic nitrogens is 2. The van der Waals surface area contributed by atoms with Gasteiger partial charge in [0.1, 0.15) is 18.0 Å². The van der Waals surface area contributed by atoms with Crippen molar-refractivity contribution in [3.63, 3.8) is 0 Å². The molecule has 0 fully saturated rings. The van der Waals surface area contributed by atoms with Gasteiger partial charge in [0.05, 0.1) is 22.8 Å². The molecule has 1 aliphatic rings. The Morgan fingerprint density at radius 1 is 1.23 bits per heavy atom. The Morgan fingerprint density at radius 3 is 2.51 bits per heavy atom. The molecule has 0 saturated heterocycles. The van der Waals surface area contributed by atoms with Crippen molar-refractivity contribution in [2.24, 2.45) is 0 Å². The van der Waals surface area contributed by atoms with Crippen molar-refractivity contribution >= 4 is 42.4 Å². The summed E-state index contributed by atoms with van der Waals surface area (Å²) in [6, 6.07) is 2.55. The highest BCUT2D eigenvalue weighted by atomic mass is 35.5. The van der Waals surface area contributed by atoms with Crippen molar-refractivity contribution in [3.05, 3.63) is 34.6 Å². The highest BCUT2D eigenvalue weighted by Crippen LogP contribution is 2.39. The van der Waals surface area contributed by atoms with Crippen LogP contribution in [0.3, 0.4) is 0 Å². The number of amides is 1. The molecule has 1 amide bonds. The molecule has 0 aliphatic carbocycles. The normalized spacial score (nSPS) is 15.5. The van der Waals surface area contributed by atoms with E-state index in [-0.39, 0.29) is 18.7 Å². The fraction of sp³-hybridized carbons (Fsp3) is 0.583. The molecule has 1 aliphatic heterocycles. The molecule has 194 valence electrons. The minimum Gasteiger partial charge on any atom is -0.444 e. The molecule has 3 heterocycles. The number of ether oxygens (including phenoxy) is 2. The third-order valence-corrected chi connectivity index (χ3v) is 7.62. The number of hydrogen-bond donors (Lipinski definition) is 0. The van der Waals surface area contributed by atoms with Gasteiger partial charge in [0.2, 0.25) is 0 Å². The van der Waals surface area contributed by atoms with Crippen molar-refractivity contribution in [2.75, 3.05) is 19.7 Å². The molecule has 6 nitrogen and oxygen atoms in total. The lowest BCUT2D eigenvalue weighted by Gasteiger charge is -2.30. The first-order chi connectivity index (χ1) is 16.1. The average Bonchev–Trinajstić information content (AvgIpc) is 3.08. The molecule has 11 heteroatoms. The first-order valence-corrected chi connectivity index (χ1v) is 15.7. The Kier molecular flexibility index (Phi) is 7.98. The standard InChI is InChI=1S/C24H33ClF3N3O3Si/c1-23(2,3)34-22(32)30-9-7-8-16(14-30)19-12-17-20(25)18(24(26,27)28)13-29-21(17)31(19)15-33-10-11-35(4,5)6/h8,12-13H,7,9-11,14-15H2,1-6H3. The molecule has 2 aromatic heterocycles. The van der Waals surface area contributed by atoms with E-state index in [1.54, 1.807) is 36.3 Å². The monoisotopic (exact) mass is 531 g/mol. The van der Waals surface area contributed by atoms with Crippen LogP contribution in [0.4, 0.5) is 18.0 Å². The quantitative estimate of drug-likeness (QED) is 0.296. The van der Waals surface area contributed by atoms with Crippen LogP contribution in [0.15, 0.2) is 18.3 Å². The summed E-state index contributed by atoms with van der Waals surface area (Å²) in [7, 11) is -1.32. The molecule has 0 unspecified atom stereocenters. The zero-order valence-corrected chi connectivity index (χ0v) is 22.8. The summed E-state index contributed by atoms with van der Waals surface area (Å²) >= 11 is 6.21. The maximum absolute atomic E-state index is 13.5. The zero-order valence-electron chi connectivity index (χ0n) is 21.1. The summed E-state index contributed by atoms with van der Waals surface area (Å²) < 4.78 is 53.5. The van der Waals surface area contributed by atoms with Gasteiger partial charge in [-0.3, -0.25) is 0 Å². The van der Waals surface area contributed by atoms with Crippen molar-refractivity contribution in [1.82, 2.24) is 14.5 Å². The summed E-state index contributed by atoms with van der Waals surface area (Å²) in [5.41, 5.74) is 0.0843. The Hall–Kier alpha value is -2.04. The van der Waals surface area contributed by atoms with Crippen molar-refractivity contribution in [3.8, 4) is 0 Å². The number of pyridine rings is 1. The van der Waals surface area contributed by atoms with Gasteiger partial charge in [0, 0.05) is 32.8 Å². The Morgan fingerprint density at radius 2 is 1.91 bits per heavy atom. The number of halogens is 4. The number of fused-ring (bicyclic) bond motifs is 1. The van der Waals surface area contributed by atoms with E-state index in [9.17, 15) is 18.0 Å². The molecule has 0 spiro atoms. The minimum absolute atomic E-state index is 0.113. The van der Waals surface area contributed by atoms with Crippen molar-refractivity contribution < 1.29 is 27.4 Å². The van der Waals surface area contributed by atoms with E-state index in [1.165, 1.54) is 0 Å². The molecule has 0 radical (unpaired) electrons. The van der Waals surface area contributed by atoms with Gasteiger partial charge >= 0.3 is 12.3 Å². The van der Waals surface area contributed by atoms with Gasteiger partial charge in [-0.2, -0.15) is 13.2 Å². The molecule has 3 rings (SSSR count). The van der Waals surface area contributed by atoms with E-state index in [4.69, 9.17) is 21.1 Å². The maximum Gasteiger partial charge on any atom is 0.419 e. The van der Waals surface area contributed by atoms with Crippen molar-refractivity contribution in [2.45, 2.75) is 71.4 Å². The number of nitrogens with zero attached hydrogens (tertiary/aromatic N) is 3. The molecular weight excluding hydrogens is 499 g/mol. The van der Waals surface area contributed by atoms with Gasteiger partial charge < -0.3 is 18.9 Å². The molecule has 35 heavy (non-hydrogen) atoms. The highest BCUT2D eigenvalue weighted by Gasteiger charge is 2.35. The van der Waals surface area contributed by atoms with Crippen LogP contribution >= 0.6 is 11.6 Å². The van der Waals surface area contributed by atoms with Crippen LogP contribution in [0, 0.1) is 0 Å². The summed E-state index contributed by atoms with van der Waals surface area (Å²) in [6.45, 7) is 13.5. The second-order valence-corrected chi connectivity index (χ2v) is 16.9. The number of alkyl halides is 3. The Bertz CT molecular complexity index is 1120. The van der Waals surface area contributed by atoms with Gasteiger partial charge in [0.15, 0.2) is 0 Å². The largest absolute Gasteiger partial charge is 0.444 e. The summed E-state index contributed by atoms with van der Waals surface area (Å²) in [5, 5.41) is -0.203. The van der Waals surface area contributed by atoms with Crippen LogP contribution in [0.5, 0.6) is 0 Å². The zero-order chi connectivity index (χ0) is 26.2. The van der Waals surface area contributed by atoms with Crippen LogP contribution in [0.1, 0.15) is 38.4 Å². The fourth-order valence-corrected chi connectivity index (χ4v) is 4.76. The SMILES string of the molecule is CC(C)(C)OC(=O)N1CCC=C(c2cc3c(Cl)c(C(F)(F)F)cnc3n2COCC[Si](C)(C)C)C1. The average molecular weight is 532 g/mol. The molecule has 0 saturated carbocycles. The maximum atomic E-state index is 13.5. The predicted octanol–water partition coefficient (Wildman–Crippen LogP) is 7.05. The van der Waals surface area contributed by atoms with Crippen LogP contribution in [-0.2, 0) is 22.4 Å². The lowest BCUT2D eigenvalue weighted by Crippen LogP contribution is -2.39. The Balaban J connectivity index is 1.98. The third kappa shape index (κ3) is 7.01. The van der Waals surface area contributed by atoms with E-state index < -0.39 is 36.5 Å². The van der Waals surface area contributed by atoms with Crippen molar-refractivity contribution in [1.29, 1.82) is 0 Å². The van der Waals surface area contributed by atoms with Crippen LogP contribution in [-0.4, -0.2) is 53.9 Å². The van der Waals surface area contributed by atoms with E-state index in [2.05, 4.69) is 24.6 Å². The molecule has 0 atom stereocenters. The fourth-order valence-electron chi connectivity index (χ4n) is 3.71. The van der Waals surface area contributed by atoms with E-state index in [0.717, 1.165) is 17.8 Å². The van der Waals surface area contributed by atoms with Crippen LogP contribution in [0.2, 0.25) is 30.7 Å². The molecule has 2 aromatic rings. The number of carbonyl (C=O) groups excluding carboxylic acids is 1. The van der Waals surface area contributed by atoms with Gasteiger partial charge in [-0.05, 0) is 44.9 Å². The smallest absolute Gasteiger partial charge is 0.419 e. The number of hydrogen-bond acceptors (Lipinski definition) is 4. The van der Waals surface area contributed by atoms with E-state index in [0.29, 0.717) is 30.9 Å². The van der Waals surface area contributed by atoms with Gasteiger partial charge in [0.25, 0.3) is 0 Å². The minimum atomic E-state index is -4.62. The third-order valence-electron chi connectivity index (χ3n) is 5.51. The lowest BCUT2D eigenvalue weighted by molar-refractivity contribution is -0.137. The van der Waals surface area contributed by atoms with Crippen LogP contribution < -0.4 is 0 Å². The Labute approximate surface area is 210 Å².